The molecule has 0 aliphatic rings. The van der Waals surface area contributed by atoms with Crippen molar-refractivity contribution in [1.82, 2.24) is 9.61 Å². The number of hydrogen-bond donors (Lipinski definition) is 0. The fourth-order valence-electron chi connectivity index (χ4n) is 1.04. The second-order valence-electron chi connectivity index (χ2n) is 2.51. The Labute approximate surface area is 69.4 Å². The van der Waals surface area contributed by atoms with E-state index < -0.39 is 0 Å². The molecule has 2 nitrogen and oxygen atoms in total. The molecule has 2 heterocycles. The van der Waals surface area contributed by atoms with Crippen molar-refractivity contribution in [2.24, 2.45) is 0 Å². The van der Waals surface area contributed by atoms with E-state index >= 15 is 0 Å². The highest BCUT2D eigenvalue weighted by Gasteiger charge is 1.97. The van der Waals surface area contributed by atoms with Gasteiger partial charge >= 0.3 is 0 Å². The third kappa shape index (κ3) is 0.994. The summed E-state index contributed by atoms with van der Waals surface area (Å²) < 4.78 is 1.81. The number of pyridine rings is 1. The van der Waals surface area contributed by atoms with Gasteiger partial charge < -0.3 is 0 Å². The summed E-state index contributed by atoms with van der Waals surface area (Å²) >= 11 is 5.90. The van der Waals surface area contributed by atoms with Gasteiger partial charge in [0.1, 0.15) is 0 Å². The molecule has 0 saturated heterocycles. The topological polar surface area (TPSA) is 17.3 Å². The summed E-state index contributed by atoms with van der Waals surface area (Å²) in [5.41, 5.74) is 2.07. The third-order valence-electron chi connectivity index (χ3n) is 1.67. The van der Waals surface area contributed by atoms with Crippen LogP contribution in [0.15, 0.2) is 24.5 Å². The van der Waals surface area contributed by atoms with E-state index in [-0.39, 0.29) is 0 Å². The van der Waals surface area contributed by atoms with Gasteiger partial charge in [-0.1, -0.05) is 11.6 Å². The van der Waals surface area contributed by atoms with Gasteiger partial charge in [-0.3, -0.25) is 0 Å². The predicted molar refractivity (Wildman–Crippen MR) is 44.9 cm³/mol. The van der Waals surface area contributed by atoms with Crippen LogP contribution in [0.3, 0.4) is 0 Å². The maximum absolute atomic E-state index is 5.90. The molecule has 0 radical (unpaired) electrons. The molecule has 0 spiro atoms. The fourth-order valence-corrected chi connectivity index (χ4v) is 1.20. The van der Waals surface area contributed by atoms with E-state index in [2.05, 4.69) is 5.10 Å². The summed E-state index contributed by atoms with van der Waals surface area (Å²) in [6.45, 7) is 1.96. The lowest BCUT2D eigenvalue weighted by molar-refractivity contribution is 0.952. The SMILES string of the molecule is Cc1cn2nccc2cc1Cl. The Morgan fingerprint density at radius 1 is 1.55 bits per heavy atom. The summed E-state index contributed by atoms with van der Waals surface area (Å²) in [5.74, 6) is 0. The van der Waals surface area contributed by atoms with Crippen LogP contribution in [0.5, 0.6) is 0 Å². The molecule has 0 bridgehead atoms. The van der Waals surface area contributed by atoms with Gasteiger partial charge in [-0.25, -0.2) is 4.52 Å². The largest absolute Gasteiger partial charge is 0.241 e. The highest BCUT2D eigenvalue weighted by Crippen LogP contribution is 2.16. The standard InChI is InChI=1S/C8H7ClN2/c1-6-5-11-7(2-3-10-11)4-8(6)9/h2-5H,1H3. The van der Waals surface area contributed by atoms with E-state index in [1.807, 2.05) is 25.3 Å². The minimum atomic E-state index is 0.790. The molecular formula is C8H7ClN2. The lowest BCUT2D eigenvalue weighted by atomic mass is 10.3. The first-order chi connectivity index (χ1) is 5.27. The number of fused-ring (bicyclic) bond motifs is 1. The second kappa shape index (κ2) is 2.24. The Bertz CT molecular complexity index is 356. The molecule has 0 aromatic carbocycles. The van der Waals surface area contributed by atoms with Crippen molar-refractivity contribution in [1.29, 1.82) is 0 Å². The van der Waals surface area contributed by atoms with Gasteiger partial charge in [0.15, 0.2) is 0 Å². The number of aromatic nitrogens is 2. The molecule has 0 fully saturated rings. The Kier molecular flexibility index (Phi) is 1.36. The summed E-state index contributed by atoms with van der Waals surface area (Å²) in [4.78, 5) is 0. The zero-order valence-corrected chi connectivity index (χ0v) is 6.84. The van der Waals surface area contributed by atoms with Gasteiger partial charge in [0, 0.05) is 17.4 Å². The van der Waals surface area contributed by atoms with E-state index in [9.17, 15) is 0 Å². The number of aryl methyl sites for hydroxylation is 1. The van der Waals surface area contributed by atoms with Crippen molar-refractivity contribution in [3.63, 3.8) is 0 Å². The van der Waals surface area contributed by atoms with Gasteiger partial charge in [0.25, 0.3) is 0 Å². The molecule has 0 amide bonds. The molecule has 0 aliphatic heterocycles. The molecule has 11 heavy (non-hydrogen) atoms. The van der Waals surface area contributed by atoms with Crippen molar-refractivity contribution >= 4 is 17.1 Å². The average Bonchev–Trinajstić information content (AvgIpc) is 2.36. The first-order valence-corrected chi connectivity index (χ1v) is 3.74. The van der Waals surface area contributed by atoms with Crippen LogP contribution in [0.25, 0.3) is 5.52 Å². The first-order valence-electron chi connectivity index (χ1n) is 3.37. The maximum atomic E-state index is 5.90. The second-order valence-corrected chi connectivity index (χ2v) is 2.91. The van der Waals surface area contributed by atoms with Crippen molar-refractivity contribution < 1.29 is 0 Å². The van der Waals surface area contributed by atoms with Gasteiger partial charge in [-0.15, -0.1) is 0 Å². The van der Waals surface area contributed by atoms with E-state index in [1.165, 1.54) is 0 Å². The third-order valence-corrected chi connectivity index (χ3v) is 2.08. The van der Waals surface area contributed by atoms with Crippen LogP contribution in [0, 0.1) is 6.92 Å². The fraction of sp³-hybridized carbons (Fsp3) is 0.125. The molecule has 0 saturated carbocycles. The lowest BCUT2D eigenvalue weighted by Gasteiger charge is -1.97. The van der Waals surface area contributed by atoms with Gasteiger partial charge in [0.2, 0.25) is 0 Å². The summed E-state index contributed by atoms with van der Waals surface area (Å²) in [7, 11) is 0. The first kappa shape index (κ1) is 6.68. The van der Waals surface area contributed by atoms with Crippen molar-refractivity contribution in [2.45, 2.75) is 6.92 Å². The Balaban J connectivity index is 2.86. The van der Waals surface area contributed by atoms with Crippen LogP contribution >= 0.6 is 11.6 Å². The maximum Gasteiger partial charge on any atom is 0.0676 e. The predicted octanol–water partition coefficient (Wildman–Crippen LogP) is 2.30. The minimum Gasteiger partial charge on any atom is -0.241 e. The number of halogens is 1. The number of hydrogen-bond acceptors (Lipinski definition) is 1. The van der Waals surface area contributed by atoms with Crippen molar-refractivity contribution in [3.05, 3.63) is 35.1 Å². The molecule has 2 aromatic rings. The van der Waals surface area contributed by atoms with Crippen LogP contribution in [0.4, 0.5) is 0 Å². The van der Waals surface area contributed by atoms with Gasteiger partial charge in [-0.05, 0) is 24.6 Å². The highest BCUT2D eigenvalue weighted by atomic mass is 35.5. The van der Waals surface area contributed by atoms with Crippen molar-refractivity contribution in [3.8, 4) is 0 Å². The molecule has 0 N–H and O–H groups in total. The number of rotatable bonds is 0. The van der Waals surface area contributed by atoms with Crippen LogP contribution in [-0.4, -0.2) is 9.61 Å². The van der Waals surface area contributed by atoms with E-state index in [1.54, 1.807) is 10.7 Å². The smallest absolute Gasteiger partial charge is 0.0676 e. The normalized spacial score (nSPS) is 10.7. The molecular weight excluding hydrogens is 160 g/mol. The minimum absolute atomic E-state index is 0.790. The molecule has 0 atom stereocenters. The van der Waals surface area contributed by atoms with E-state index in [4.69, 9.17) is 11.6 Å². The van der Waals surface area contributed by atoms with E-state index in [0.717, 1.165) is 16.1 Å². The summed E-state index contributed by atoms with van der Waals surface area (Å²) in [6.07, 6.45) is 3.67. The quantitative estimate of drug-likeness (QED) is 0.587. The number of nitrogens with zero attached hydrogens (tertiary/aromatic N) is 2. The Hall–Kier alpha value is -1.02. The monoisotopic (exact) mass is 166 g/mol. The average molecular weight is 167 g/mol. The summed E-state index contributed by atoms with van der Waals surface area (Å²) in [6, 6.07) is 3.83. The van der Waals surface area contributed by atoms with E-state index in [0.29, 0.717) is 0 Å². The van der Waals surface area contributed by atoms with Crippen LogP contribution in [0.2, 0.25) is 5.02 Å². The molecule has 56 valence electrons. The van der Waals surface area contributed by atoms with Crippen LogP contribution in [-0.2, 0) is 0 Å². The van der Waals surface area contributed by atoms with Gasteiger partial charge in [-0.2, -0.15) is 5.10 Å². The Morgan fingerprint density at radius 2 is 2.36 bits per heavy atom. The zero-order valence-electron chi connectivity index (χ0n) is 6.08. The van der Waals surface area contributed by atoms with Crippen LogP contribution in [0.1, 0.15) is 5.56 Å². The Morgan fingerprint density at radius 3 is 3.18 bits per heavy atom. The molecule has 0 unspecified atom stereocenters. The van der Waals surface area contributed by atoms with Gasteiger partial charge in [0.05, 0.1) is 5.52 Å². The molecule has 2 aromatic heterocycles. The van der Waals surface area contributed by atoms with Crippen molar-refractivity contribution in [2.75, 3.05) is 0 Å². The molecule has 0 aliphatic carbocycles. The molecule has 2 rings (SSSR count). The molecule has 3 heteroatoms. The van der Waals surface area contributed by atoms with Crippen LogP contribution < -0.4 is 0 Å². The zero-order chi connectivity index (χ0) is 7.84. The lowest BCUT2D eigenvalue weighted by Crippen LogP contribution is -1.87. The highest BCUT2D eigenvalue weighted by molar-refractivity contribution is 6.31. The summed E-state index contributed by atoms with van der Waals surface area (Å²) in [5, 5.41) is 4.87.